The largest absolute Gasteiger partial charge is 0.339 e. The fraction of sp³-hybridized carbons (Fsp3) is 0.550. The molecule has 0 aliphatic carbocycles. The van der Waals surface area contributed by atoms with Gasteiger partial charge < -0.3 is 14.2 Å². The lowest BCUT2D eigenvalue weighted by atomic mass is 10.0. The number of likely N-dealkylation sites (tertiary alicyclic amines) is 1. The number of hydrogen-bond acceptors (Lipinski definition) is 4. The minimum Gasteiger partial charge on any atom is -0.339 e. The van der Waals surface area contributed by atoms with Gasteiger partial charge in [-0.05, 0) is 38.8 Å². The number of carbonyl (C=O) groups is 2. The highest BCUT2D eigenvalue weighted by atomic mass is 16.2. The number of amides is 2. The smallest absolute Gasteiger partial charge is 0.274 e. The molecule has 2 saturated heterocycles. The number of piperidine rings is 1. The summed E-state index contributed by atoms with van der Waals surface area (Å²) in [4.78, 5) is 36.1. The van der Waals surface area contributed by atoms with Crippen LogP contribution in [-0.4, -0.2) is 80.7 Å². The minimum atomic E-state index is -0.0337. The first-order chi connectivity index (χ1) is 13.0. The second-order valence-electron chi connectivity index (χ2n) is 7.70. The number of nitrogens with zero attached hydrogens (tertiary/aromatic N) is 5. The summed E-state index contributed by atoms with van der Waals surface area (Å²) in [5.41, 5.74) is 1.26. The highest BCUT2D eigenvalue weighted by molar-refractivity contribution is 5.93. The zero-order valence-corrected chi connectivity index (χ0v) is 16.0. The Morgan fingerprint density at radius 1 is 1.15 bits per heavy atom. The van der Waals surface area contributed by atoms with E-state index in [1.165, 1.54) is 0 Å². The summed E-state index contributed by atoms with van der Waals surface area (Å²) < 4.78 is 1.87. The molecule has 0 aromatic carbocycles. The van der Waals surface area contributed by atoms with Gasteiger partial charge in [-0.2, -0.15) is 0 Å². The molecule has 1 atom stereocenters. The van der Waals surface area contributed by atoms with Crippen LogP contribution >= 0.6 is 0 Å². The Kier molecular flexibility index (Phi) is 4.86. The van der Waals surface area contributed by atoms with E-state index in [4.69, 9.17) is 0 Å². The maximum atomic E-state index is 12.8. The first-order valence-electron chi connectivity index (χ1n) is 9.82. The molecule has 2 aromatic heterocycles. The van der Waals surface area contributed by atoms with Crippen LogP contribution in [0.1, 0.15) is 37.2 Å². The summed E-state index contributed by atoms with van der Waals surface area (Å²) in [6.07, 6.45) is 5.65. The van der Waals surface area contributed by atoms with Crippen molar-refractivity contribution < 1.29 is 9.59 Å². The Balaban J connectivity index is 1.39. The summed E-state index contributed by atoms with van der Waals surface area (Å²) in [6, 6.07) is 5.94. The number of piperazine rings is 1. The van der Waals surface area contributed by atoms with Crippen molar-refractivity contribution in [2.45, 2.75) is 38.8 Å². The van der Waals surface area contributed by atoms with Crippen molar-refractivity contribution in [1.29, 1.82) is 0 Å². The molecule has 0 bridgehead atoms. The second-order valence-corrected chi connectivity index (χ2v) is 7.70. The highest BCUT2D eigenvalue weighted by Gasteiger charge is 2.36. The van der Waals surface area contributed by atoms with Crippen molar-refractivity contribution in [2.24, 2.45) is 0 Å². The maximum Gasteiger partial charge on any atom is 0.274 e. The predicted octanol–water partition coefficient (Wildman–Crippen LogP) is 1.49. The van der Waals surface area contributed by atoms with E-state index in [9.17, 15) is 9.59 Å². The van der Waals surface area contributed by atoms with E-state index >= 15 is 0 Å². The van der Waals surface area contributed by atoms with Crippen molar-refractivity contribution in [2.75, 3.05) is 32.7 Å². The third-order valence-corrected chi connectivity index (χ3v) is 5.69. The van der Waals surface area contributed by atoms with Gasteiger partial charge in [0.05, 0.1) is 6.04 Å². The summed E-state index contributed by atoms with van der Waals surface area (Å²) in [7, 11) is 0. The molecule has 4 heterocycles. The van der Waals surface area contributed by atoms with Crippen molar-refractivity contribution in [1.82, 2.24) is 24.1 Å². The summed E-state index contributed by atoms with van der Waals surface area (Å²) in [5, 5.41) is 0. The van der Waals surface area contributed by atoms with Gasteiger partial charge in [0.2, 0.25) is 5.91 Å². The molecule has 2 aliphatic rings. The van der Waals surface area contributed by atoms with Gasteiger partial charge in [0.15, 0.2) is 0 Å². The van der Waals surface area contributed by atoms with Crippen LogP contribution in [0.2, 0.25) is 0 Å². The lowest BCUT2D eigenvalue weighted by molar-refractivity contribution is -0.142. The molecule has 0 N–H and O–H groups in total. The molecular formula is C20H27N5O2. The van der Waals surface area contributed by atoms with E-state index in [0.717, 1.165) is 38.1 Å². The maximum absolute atomic E-state index is 12.8. The van der Waals surface area contributed by atoms with Gasteiger partial charge in [-0.15, -0.1) is 0 Å². The molecule has 4 rings (SSSR count). The molecule has 144 valence electrons. The summed E-state index contributed by atoms with van der Waals surface area (Å²) in [6.45, 7) is 7.76. The molecule has 0 saturated carbocycles. The predicted molar refractivity (Wildman–Crippen MR) is 103 cm³/mol. The average molecular weight is 369 g/mol. The summed E-state index contributed by atoms with van der Waals surface area (Å²) in [5.74, 6) is 0.216. The van der Waals surface area contributed by atoms with E-state index in [1.807, 2.05) is 38.6 Å². The zero-order chi connectivity index (χ0) is 19.0. The summed E-state index contributed by atoms with van der Waals surface area (Å²) >= 11 is 0. The van der Waals surface area contributed by atoms with E-state index in [0.29, 0.717) is 18.8 Å². The Morgan fingerprint density at radius 3 is 2.63 bits per heavy atom. The molecule has 0 spiro atoms. The van der Waals surface area contributed by atoms with Gasteiger partial charge in [0, 0.05) is 51.2 Å². The monoisotopic (exact) mass is 369 g/mol. The quantitative estimate of drug-likeness (QED) is 0.823. The SMILES string of the molecule is CC(C)N1CCC[C@@H](N2CCN(C(=O)c3cn4ccccc4n3)CC2)C1=O. The van der Waals surface area contributed by atoms with Crippen molar-refractivity contribution in [3.05, 3.63) is 36.3 Å². The van der Waals surface area contributed by atoms with Crippen molar-refractivity contribution in [3.8, 4) is 0 Å². The van der Waals surface area contributed by atoms with Crippen molar-refractivity contribution >= 4 is 17.5 Å². The van der Waals surface area contributed by atoms with Crippen LogP contribution < -0.4 is 0 Å². The number of aromatic nitrogens is 2. The molecular weight excluding hydrogens is 342 g/mol. The average Bonchev–Trinajstić information content (AvgIpc) is 3.12. The number of carbonyl (C=O) groups excluding carboxylic acids is 2. The van der Waals surface area contributed by atoms with Crippen LogP contribution in [0.4, 0.5) is 0 Å². The van der Waals surface area contributed by atoms with Gasteiger partial charge in [-0.1, -0.05) is 6.07 Å². The van der Waals surface area contributed by atoms with Crippen LogP contribution in [0.25, 0.3) is 5.65 Å². The molecule has 0 unspecified atom stereocenters. The Bertz CT molecular complexity index is 805. The molecule has 2 aromatic rings. The van der Waals surface area contributed by atoms with E-state index in [-0.39, 0.29) is 23.9 Å². The van der Waals surface area contributed by atoms with Gasteiger partial charge in [-0.3, -0.25) is 14.5 Å². The van der Waals surface area contributed by atoms with Crippen LogP contribution in [0.15, 0.2) is 30.6 Å². The number of fused-ring (bicyclic) bond motifs is 1. The molecule has 2 aliphatic heterocycles. The van der Waals surface area contributed by atoms with Gasteiger partial charge in [0.25, 0.3) is 5.91 Å². The van der Waals surface area contributed by atoms with E-state index in [2.05, 4.69) is 23.7 Å². The normalized spacial score (nSPS) is 22.0. The van der Waals surface area contributed by atoms with Gasteiger partial charge in [-0.25, -0.2) is 4.98 Å². The third kappa shape index (κ3) is 3.43. The van der Waals surface area contributed by atoms with Gasteiger partial charge in [0.1, 0.15) is 11.3 Å². The molecule has 27 heavy (non-hydrogen) atoms. The van der Waals surface area contributed by atoms with Crippen molar-refractivity contribution in [3.63, 3.8) is 0 Å². The van der Waals surface area contributed by atoms with Gasteiger partial charge >= 0.3 is 0 Å². The standard InChI is InChI=1S/C20H27N5O2/c1-15(2)25-9-5-6-17(20(25)27)22-10-12-23(13-11-22)19(26)16-14-24-8-4-3-7-18(24)21-16/h3-4,7-8,14-15,17H,5-6,9-13H2,1-2H3/t17-/m1/s1. The first kappa shape index (κ1) is 18.0. The molecule has 2 amide bonds. The number of hydrogen-bond donors (Lipinski definition) is 0. The molecule has 7 heteroatoms. The lowest BCUT2D eigenvalue weighted by Gasteiger charge is -2.43. The number of imidazole rings is 1. The Labute approximate surface area is 159 Å². The Morgan fingerprint density at radius 2 is 1.93 bits per heavy atom. The minimum absolute atomic E-state index is 0.0304. The highest BCUT2D eigenvalue weighted by Crippen LogP contribution is 2.21. The Hall–Kier alpha value is -2.41. The number of pyridine rings is 1. The third-order valence-electron chi connectivity index (χ3n) is 5.69. The van der Waals surface area contributed by atoms with E-state index in [1.54, 1.807) is 6.20 Å². The zero-order valence-electron chi connectivity index (χ0n) is 16.0. The number of rotatable bonds is 3. The van der Waals surface area contributed by atoms with Crippen LogP contribution in [0, 0.1) is 0 Å². The fourth-order valence-electron chi connectivity index (χ4n) is 4.17. The van der Waals surface area contributed by atoms with Crippen LogP contribution in [0.3, 0.4) is 0 Å². The fourth-order valence-corrected chi connectivity index (χ4v) is 4.17. The first-order valence-corrected chi connectivity index (χ1v) is 9.82. The van der Waals surface area contributed by atoms with Crippen LogP contribution in [-0.2, 0) is 4.79 Å². The molecule has 7 nitrogen and oxygen atoms in total. The molecule has 0 radical (unpaired) electrons. The second kappa shape index (κ2) is 7.31. The van der Waals surface area contributed by atoms with E-state index < -0.39 is 0 Å². The topological polar surface area (TPSA) is 61.2 Å². The van der Waals surface area contributed by atoms with Crippen LogP contribution in [0.5, 0.6) is 0 Å². The lowest BCUT2D eigenvalue weighted by Crippen LogP contribution is -2.59. The molecule has 2 fully saturated rings.